The summed E-state index contributed by atoms with van der Waals surface area (Å²) in [5.41, 5.74) is 11.8. The third kappa shape index (κ3) is 5.51. The van der Waals surface area contributed by atoms with E-state index in [1.807, 2.05) is 11.8 Å². The Balaban J connectivity index is 2.87. The summed E-state index contributed by atoms with van der Waals surface area (Å²) in [4.78, 5) is 12.7. The van der Waals surface area contributed by atoms with Crippen LogP contribution in [0.25, 0.3) is 0 Å². The molecule has 0 heterocycles. The van der Waals surface area contributed by atoms with E-state index in [9.17, 15) is 9.18 Å². The van der Waals surface area contributed by atoms with Gasteiger partial charge in [0.1, 0.15) is 5.82 Å². The van der Waals surface area contributed by atoms with E-state index in [-0.39, 0.29) is 18.9 Å². The van der Waals surface area contributed by atoms with E-state index in [1.165, 1.54) is 12.1 Å². The Morgan fingerprint density at radius 3 is 2.74 bits per heavy atom. The minimum absolute atomic E-state index is 0.150. The lowest BCUT2D eigenvalue weighted by Gasteiger charge is -2.18. The first kappa shape index (κ1) is 15.2. The van der Waals surface area contributed by atoms with Gasteiger partial charge >= 0.3 is 0 Å². The second-order valence-corrected chi connectivity index (χ2v) is 4.12. The van der Waals surface area contributed by atoms with Crippen molar-refractivity contribution < 1.29 is 9.18 Å². The number of amides is 1. The maximum Gasteiger partial charge on any atom is 0.231 e. The highest BCUT2D eigenvalue weighted by Gasteiger charge is 2.08. The molecule has 1 rings (SSSR count). The molecule has 5 heteroatoms. The van der Waals surface area contributed by atoms with Crippen LogP contribution in [0, 0.1) is 17.7 Å². The molecule has 0 aliphatic carbocycles. The predicted molar refractivity (Wildman–Crippen MR) is 72.5 cm³/mol. The summed E-state index contributed by atoms with van der Waals surface area (Å²) in [5, 5.41) is 0. The molecule has 1 amide bonds. The third-order valence-electron chi connectivity index (χ3n) is 2.53. The van der Waals surface area contributed by atoms with Gasteiger partial charge in [-0.25, -0.2) is 4.39 Å². The Bertz CT molecular complexity index is 505. The van der Waals surface area contributed by atoms with Crippen LogP contribution >= 0.6 is 0 Å². The van der Waals surface area contributed by atoms with Crippen molar-refractivity contribution in [3.8, 4) is 11.8 Å². The van der Waals surface area contributed by atoms with Crippen molar-refractivity contribution in [2.45, 2.75) is 13.5 Å². The molecule has 1 aromatic carbocycles. The number of hydrogen-bond donors (Lipinski definition) is 2. The maximum atomic E-state index is 13.5. The highest BCUT2D eigenvalue weighted by Crippen LogP contribution is 2.11. The summed E-state index contributed by atoms with van der Waals surface area (Å²) >= 11 is 0. The number of nitrogens with zero attached hydrogens (tertiary/aromatic N) is 1. The van der Waals surface area contributed by atoms with Gasteiger partial charge in [-0.15, -0.1) is 0 Å². The zero-order valence-corrected chi connectivity index (χ0v) is 10.9. The molecule has 0 spiro atoms. The fourth-order valence-corrected chi connectivity index (χ4v) is 1.73. The zero-order valence-electron chi connectivity index (χ0n) is 10.9. The van der Waals surface area contributed by atoms with Crippen molar-refractivity contribution in [1.82, 2.24) is 4.90 Å². The number of rotatable bonds is 5. The molecule has 0 fully saturated rings. The number of nitrogens with two attached hydrogens (primary N) is 2. The quantitative estimate of drug-likeness (QED) is 0.757. The van der Waals surface area contributed by atoms with E-state index in [1.54, 1.807) is 6.07 Å². The second kappa shape index (κ2) is 7.52. The summed E-state index contributed by atoms with van der Waals surface area (Å²) in [6.45, 7) is 3.40. The zero-order chi connectivity index (χ0) is 14.3. The highest BCUT2D eigenvalue weighted by atomic mass is 19.1. The van der Waals surface area contributed by atoms with Crippen LogP contribution in [-0.4, -0.2) is 30.4 Å². The number of hydrogen-bond acceptors (Lipinski definition) is 3. The van der Waals surface area contributed by atoms with Crippen LogP contribution < -0.4 is 11.5 Å². The van der Waals surface area contributed by atoms with Gasteiger partial charge in [0.05, 0.1) is 13.1 Å². The largest absolute Gasteiger partial charge is 0.369 e. The lowest BCUT2D eigenvalue weighted by atomic mass is 10.1. The van der Waals surface area contributed by atoms with Crippen LogP contribution in [0.3, 0.4) is 0 Å². The number of halogens is 1. The van der Waals surface area contributed by atoms with Gasteiger partial charge in [-0.3, -0.25) is 9.69 Å². The summed E-state index contributed by atoms with van der Waals surface area (Å²) < 4.78 is 13.5. The molecule has 0 unspecified atom stereocenters. The molecule has 0 bridgehead atoms. The molecule has 4 N–H and O–H groups in total. The summed E-state index contributed by atoms with van der Waals surface area (Å²) in [7, 11) is 0. The van der Waals surface area contributed by atoms with Gasteiger partial charge in [0.25, 0.3) is 0 Å². The number of benzene rings is 1. The van der Waals surface area contributed by atoms with Gasteiger partial charge in [-0.2, -0.15) is 0 Å². The molecule has 0 aliphatic rings. The lowest BCUT2D eigenvalue weighted by molar-refractivity contribution is -0.119. The van der Waals surface area contributed by atoms with Crippen molar-refractivity contribution in [3.05, 3.63) is 35.1 Å². The Kier molecular flexibility index (Phi) is 6.00. The van der Waals surface area contributed by atoms with E-state index >= 15 is 0 Å². The van der Waals surface area contributed by atoms with Crippen LogP contribution in [0.4, 0.5) is 4.39 Å². The first-order valence-electron chi connectivity index (χ1n) is 6.04. The molecule has 0 saturated heterocycles. The van der Waals surface area contributed by atoms with E-state index in [2.05, 4.69) is 11.8 Å². The smallest absolute Gasteiger partial charge is 0.231 e. The number of carbonyl (C=O) groups is 1. The average molecular weight is 263 g/mol. The van der Waals surface area contributed by atoms with Gasteiger partial charge in [0.2, 0.25) is 5.91 Å². The molecule has 1 aromatic rings. The fraction of sp³-hybridized carbons (Fsp3) is 0.357. The summed E-state index contributed by atoms with van der Waals surface area (Å²) in [6, 6.07) is 4.57. The van der Waals surface area contributed by atoms with Crippen LogP contribution in [0.2, 0.25) is 0 Å². The second-order valence-electron chi connectivity index (χ2n) is 4.12. The highest BCUT2D eigenvalue weighted by molar-refractivity contribution is 5.75. The van der Waals surface area contributed by atoms with Crippen molar-refractivity contribution in [1.29, 1.82) is 0 Å². The fourth-order valence-electron chi connectivity index (χ4n) is 1.73. The summed E-state index contributed by atoms with van der Waals surface area (Å²) in [6.07, 6.45) is 0. The summed E-state index contributed by atoms with van der Waals surface area (Å²) in [5.74, 6) is 4.72. The predicted octanol–water partition coefficient (Wildman–Crippen LogP) is 0.443. The van der Waals surface area contributed by atoms with E-state index in [4.69, 9.17) is 11.5 Å². The molecule has 4 nitrogen and oxygen atoms in total. The molecule has 19 heavy (non-hydrogen) atoms. The molecular formula is C14H18FN3O. The van der Waals surface area contributed by atoms with Crippen LogP contribution in [-0.2, 0) is 11.3 Å². The average Bonchev–Trinajstić information content (AvgIpc) is 2.34. The van der Waals surface area contributed by atoms with Crippen LogP contribution in [0.5, 0.6) is 0 Å². The van der Waals surface area contributed by atoms with E-state index in [0.29, 0.717) is 18.7 Å². The van der Waals surface area contributed by atoms with Crippen molar-refractivity contribution in [3.63, 3.8) is 0 Å². The van der Waals surface area contributed by atoms with Gasteiger partial charge < -0.3 is 11.5 Å². The molecule has 0 saturated carbocycles. The third-order valence-corrected chi connectivity index (χ3v) is 2.53. The van der Waals surface area contributed by atoms with Crippen LogP contribution in [0.1, 0.15) is 18.1 Å². The Labute approximate surface area is 112 Å². The molecule has 0 aromatic heterocycles. The Morgan fingerprint density at radius 2 is 2.16 bits per heavy atom. The Hall–Kier alpha value is -1.90. The van der Waals surface area contributed by atoms with Crippen molar-refractivity contribution in [2.75, 3.05) is 19.6 Å². The monoisotopic (exact) mass is 263 g/mol. The maximum absolute atomic E-state index is 13.5. The Morgan fingerprint density at radius 1 is 1.42 bits per heavy atom. The number of likely N-dealkylation sites (N-methyl/N-ethyl adjacent to an activating group) is 1. The van der Waals surface area contributed by atoms with Gasteiger partial charge in [-0.1, -0.05) is 18.8 Å². The van der Waals surface area contributed by atoms with E-state index in [0.717, 1.165) is 5.56 Å². The molecular weight excluding hydrogens is 245 g/mol. The first-order valence-corrected chi connectivity index (χ1v) is 6.04. The van der Waals surface area contributed by atoms with Gasteiger partial charge in [0, 0.05) is 12.1 Å². The van der Waals surface area contributed by atoms with Crippen molar-refractivity contribution in [2.24, 2.45) is 11.5 Å². The topological polar surface area (TPSA) is 72.3 Å². The standard InChI is InChI=1S/C14H18FN3O/c1-2-18(10-14(17)19)9-12-6-11(4-3-5-16)7-13(15)8-12/h6-8H,2,5,9-10,16H2,1H3,(H2,17,19). The minimum Gasteiger partial charge on any atom is -0.369 e. The van der Waals surface area contributed by atoms with Gasteiger partial charge in [-0.05, 0) is 30.3 Å². The first-order chi connectivity index (χ1) is 9.05. The number of primary amides is 1. The van der Waals surface area contributed by atoms with Crippen LogP contribution in [0.15, 0.2) is 18.2 Å². The normalized spacial score (nSPS) is 10.1. The molecule has 0 radical (unpaired) electrons. The minimum atomic E-state index is -0.401. The lowest BCUT2D eigenvalue weighted by Crippen LogP contribution is -2.33. The number of carbonyl (C=O) groups excluding carboxylic acids is 1. The van der Waals surface area contributed by atoms with Crippen molar-refractivity contribution >= 4 is 5.91 Å². The van der Waals surface area contributed by atoms with Gasteiger partial charge in [0.15, 0.2) is 0 Å². The molecule has 0 atom stereocenters. The SMILES string of the molecule is CCN(CC(N)=O)Cc1cc(F)cc(C#CCN)c1. The molecule has 102 valence electrons. The molecule has 0 aliphatic heterocycles. The van der Waals surface area contributed by atoms with E-state index < -0.39 is 5.91 Å².